The minimum atomic E-state index is 0.273. The molecule has 0 saturated heterocycles. The van der Waals surface area contributed by atoms with E-state index in [1.807, 2.05) is 42.1 Å². The van der Waals surface area contributed by atoms with Crippen molar-refractivity contribution in [2.24, 2.45) is 5.92 Å². The van der Waals surface area contributed by atoms with Crippen LogP contribution in [0.4, 0.5) is 0 Å². The Bertz CT molecular complexity index is 319. The highest BCUT2D eigenvalue weighted by Gasteiger charge is 2.04. The van der Waals surface area contributed by atoms with Crippen molar-refractivity contribution in [1.82, 2.24) is 0 Å². The maximum absolute atomic E-state index is 11.8. The number of thioether (sulfide) groups is 1. The van der Waals surface area contributed by atoms with Crippen LogP contribution in [0.2, 0.25) is 0 Å². The molecule has 1 aromatic carbocycles. The molecular weight excluding hydrogens is 228 g/mol. The molecule has 0 spiro atoms. The van der Waals surface area contributed by atoms with E-state index in [2.05, 4.69) is 13.8 Å². The second-order valence-electron chi connectivity index (χ2n) is 4.69. The van der Waals surface area contributed by atoms with E-state index < -0.39 is 0 Å². The molecule has 1 aromatic rings. The summed E-state index contributed by atoms with van der Waals surface area (Å²) in [5, 5.41) is 0. The average Bonchev–Trinajstić information content (AvgIpc) is 2.34. The van der Waals surface area contributed by atoms with Gasteiger partial charge in [-0.25, -0.2) is 0 Å². The number of ketones is 1. The van der Waals surface area contributed by atoms with Gasteiger partial charge in [0.05, 0.1) is 0 Å². The second kappa shape index (κ2) is 8.35. The summed E-state index contributed by atoms with van der Waals surface area (Å²) in [7, 11) is 0. The topological polar surface area (TPSA) is 17.1 Å². The van der Waals surface area contributed by atoms with E-state index in [4.69, 9.17) is 0 Å². The average molecular weight is 250 g/mol. The van der Waals surface area contributed by atoms with Crippen molar-refractivity contribution in [2.75, 3.05) is 11.5 Å². The fourth-order valence-electron chi connectivity index (χ4n) is 1.52. The quantitative estimate of drug-likeness (QED) is 0.501. The second-order valence-corrected chi connectivity index (χ2v) is 5.91. The molecule has 0 fully saturated rings. The predicted octanol–water partition coefficient (Wildman–Crippen LogP) is 4.43. The first-order valence-electron chi connectivity index (χ1n) is 6.36. The molecule has 0 heterocycles. The van der Waals surface area contributed by atoms with Gasteiger partial charge < -0.3 is 0 Å². The van der Waals surface area contributed by atoms with Gasteiger partial charge in [0, 0.05) is 12.0 Å². The van der Waals surface area contributed by atoms with Crippen molar-refractivity contribution in [3.05, 3.63) is 35.9 Å². The van der Waals surface area contributed by atoms with Crippen LogP contribution in [0, 0.1) is 5.92 Å². The largest absolute Gasteiger partial charge is 0.294 e. The fourth-order valence-corrected chi connectivity index (χ4v) is 2.71. The normalized spacial score (nSPS) is 10.8. The van der Waals surface area contributed by atoms with Gasteiger partial charge in [0.25, 0.3) is 0 Å². The molecule has 0 amide bonds. The van der Waals surface area contributed by atoms with Gasteiger partial charge in [-0.05, 0) is 30.3 Å². The number of Topliss-reactive ketones (excluding diaryl/α,β-unsaturated/α-hetero) is 1. The molecule has 0 unspecified atom stereocenters. The molecule has 94 valence electrons. The predicted molar refractivity (Wildman–Crippen MR) is 76.8 cm³/mol. The molecule has 0 aliphatic carbocycles. The molecular formula is C15H22OS. The molecule has 2 heteroatoms. The zero-order valence-corrected chi connectivity index (χ0v) is 11.6. The minimum absolute atomic E-state index is 0.273. The van der Waals surface area contributed by atoms with E-state index in [1.54, 1.807) is 0 Å². The molecule has 0 aliphatic rings. The number of benzene rings is 1. The molecule has 0 atom stereocenters. The summed E-state index contributed by atoms with van der Waals surface area (Å²) in [5.74, 6) is 3.38. The van der Waals surface area contributed by atoms with Crippen molar-refractivity contribution in [3.63, 3.8) is 0 Å². The lowest BCUT2D eigenvalue weighted by molar-refractivity contribution is 0.0982. The van der Waals surface area contributed by atoms with E-state index >= 15 is 0 Å². The van der Waals surface area contributed by atoms with Gasteiger partial charge in [0.1, 0.15) is 0 Å². The minimum Gasteiger partial charge on any atom is -0.294 e. The highest BCUT2D eigenvalue weighted by molar-refractivity contribution is 7.99. The van der Waals surface area contributed by atoms with Gasteiger partial charge in [-0.2, -0.15) is 11.8 Å². The van der Waals surface area contributed by atoms with E-state index in [0.717, 1.165) is 23.7 Å². The Hall–Kier alpha value is -0.760. The lowest BCUT2D eigenvalue weighted by Gasteiger charge is -2.04. The maximum atomic E-state index is 11.8. The summed E-state index contributed by atoms with van der Waals surface area (Å²) < 4.78 is 0. The molecule has 0 bridgehead atoms. The summed E-state index contributed by atoms with van der Waals surface area (Å²) in [6.45, 7) is 4.50. The number of rotatable bonds is 8. The number of carbonyl (C=O) groups excluding carboxylic acids is 1. The smallest absolute Gasteiger partial charge is 0.162 e. The van der Waals surface area contributed by atoms with Gasteiger partial charge in [-0.1, -0.05) is 44.2 Å². The van der Waals surface area contributed by atoms with Crippen LogP contribution < -0.4 is 0 Å². The van der Waals surface area contributed by atoms with Gasteiger partial charge in [0.15, 0.2) is 5.78 Å². The molecule has 1 rings (SSSR count). The third kappa shape index (κ3) is 6.52. The highest BCUT2D eigenvalue weighted by atomic mass is 32.2. The molecule has 0 N–H and O–H groups in total. The monoisotopic (exact) mass is 250 g/mol. The number of carbonyl (C=O) groups is 1. The first-order chi connectivity index (χ1) is 8.20. The Morgan fingerprint density at radius 1 is 1.18 bits per heavy atom. The van der Waals surface area contributed by atoms with E-state index in [9.17, 15) is 4.79 Å². The van der Waals surface area contributed by atoms with Crippen LogP contribution in [-0.4, -0.2) is 17.3 Å². The number of hydrogen-bond acceptors (Lipinski definition) is 2. The van der Waals surface area contributed by atoms with Crippen LogP contribution in [0.3, 0.4) is 0 Å². The third-order valence-corrected chi connectivity index (χ3v) is 3.73. The Kier molecular flexibility index (Phi) is 7.02. The standard InChI is InChI=1S/C15H22OS/c1-13(2)10-12-17-11-6-9-15(16)14-7-4-3-5-8-14/h3-5,7-8,13H,6,9-12H2,1-2H3. The van der Waals surface area contributed by atoms with Crippen LogP contribution in [0.15, 0.2) is 30.3 Å². The van der Waals surface area contributed by atoms with Crippen molar-refractivity contribution >= 4 is 17.5 Å². The Morgan fingerprint density at radius 2 is 1.88 bits per heavy atom. The van der Waals surface area contributed by atoms with Crippen LogP contribution in [-0.2, 0) is 0 Å². The summed E-state index contributed by atoms with van der Waals surface area (Å²) in [6, 6.07) is 9.58. The molecule has 1 nitrogen and oxygen atoms in total. The molecule has 0 saturated carbocycles. The zero-order chi connectivity index (χ0) is 12.5. The zero-order valence-electron chi connectivity index (χ0n) is 10.8. The van der Waals surface area contributed by atoms with E-state index in [1.165, 1.54) is 12.2 Å². The van der Waals surface area contributed by atoms with Crippen LogP contribution in [0.5, 0.6) is 0 Å². The molecule has 17 heavy (non-hydrogen) atoms. The molecule has 0 aliphatic heterocycles. The summed E-state index contributed by atoms with van der Waals surface area (Å²) in [6.07, 6.45) is 2.95. The molecule has 0 radical (unpaired) electrons. The maximum Gasteiger partial charge on any atom is 0.162 e. The fraction of sp³-hybridized carbons (Fsp3) is 0.533. The van der Waals surface area contributed by atoms with Crippen molar-refractivity contribution in [3.8, 4) is 0 Å². The summed E-state index contributed by atoms with van der Waals surface area (Å²) in [5.41, 5.74) is 0.847. The van der Waals surface area contributed by atoms with E-state index in [-0.39, 0.29) is 5.78 Å². The lowest BCUT2D eigenvalue weighted by Crippen LogP contribution is -1.99. The highest BCUT2D eigenvalue weighted by Crippen LogP contribution is 2.12. The first-order valence-corrected chi connectivity index (χ1v) is 7.51. The summed E-state index contributed by atoms with van der Waals surface area (Å²) >= 11 is 1.97. The summed E-state index contributed by atoms with van der Waals surface area (Å²) in [4.78, 5) is 11.8. The van der Waals surface area contributed by atoms with E-state index in [0.29, 0.717) is 6.42 Å². The number of hydrogen-bond donors (Lipinski definition) is 0. The lowest BCUT2D eigenvalue weighted by atomic mass is 10.1. The van der Waals surface area contributed by atoms with Crippen molar-refractivity contribution in [2.45, 2.75) is 33.1 Å². The molecule has 0 aromatic heterocycles. The Labute approximate surface area is 109 Å². The SMILES string of the molecule is CC(C)CCSCCCC(=O)c1ccccc1. The Balaban J connectivity index is 2.09. The first kappa shape index (κ1) is 14.3. The van der Waals surface area contributed by atoms with Crippen LogP contribution in [0.1, 0.15) is 43.5 Å². The Morgan fingerprint density at radius 3 is 2.53 bits per heavy atom. The van der Waals surface area contributed by atoms with Crippen molar-refractivity contribution < 1.29 is 4.79 Å². The van der Waals surface area contributed by atoms with Gasteiger partial charge >= 0.3 is 0 Å². The van der Waals surface area contributed by atoms with Gasteiger partial charge in [-0.15, -0.1) is 0 Å². The van der Waals surface area contributed by atoms with Crippen LogP contribution >= 0.6 is 11.8 Å². The van der Waals surface area contributed by atoms with Gasteiger partial charge in [0.2, 0.25) is 0 Å². The van der Waals surface area contributed by atoms with Gasteiger partial charge in [-0.3, -0.25) is 4.79 Å². The van der Waals surface area contributed by atoms with Crippen LogP contribution in [0.25, 0.3) is 0 Å². The third-order valence-electron chi connectivity index (χ3n) is 2.63. The van der Waals surface area contributed by atoms with Crippen molar-refractivity contribution in [1.29, 1.82) is 0 Å².